The van der Waals surface area contributed by atoms with Crippen molar-refractivity contribution in [1.82, 2.24) is 0 Å². The van der Waals surface area contributed by atoms with Crippen LogP contribution in [0.25, 0.3) is 0 Å². The van der Waals surface area contributed by atoms with E-state index in [1.165, 1.54) is 32.1 Å². The van der Waals surface area contributed by atoms with Gasteiger partial charge in [-0.05, 0) is 18.3 Å². The van der Waals surface area contributed by atoms with Crippen molar-refractivity contribution in [3.63, 3.8) is 0 Å². The maximum Gasteiger partial charge on any atom is 0.163 e. The Morgan fingerprint density at radius 3 is 2.41 bits per heavy atom. The number of rotatable bonds is 6. The van der Waals surface area contributed by atoms with Gasteiger partial charge in [-0.15, -0.1) is 0 Å². The summed E-state index contributed by atoms with van der Waals surface area (Å²) < 4.78 is 0. The zero-order valence-electron chi connectivity index (χ0n) is 11.2. The zero-order chi connectivity index (χ0) is 12.8. The average molecular weight is 241 g/mol. The Morgan fingerprint density at radius 2 is 1.88 bits per heavy atom. The SMILES string of the molecule is CC(C)CC(=O)C(O)[C@@H](N)CC1CCCCC1. The van der Waals surface area contributed by atoms with Crippen LogP contribution >= 0.6 is 0 Å². The van der Waals surface area contributed by atoms with Gasteiger partial charge in [-0.3, -0.25) is 4.79 Å². The molecular formula is C14H27NO2. The van der Waals surface area contributed by atoms with Crippen molar-refractivity contribution in [2.45, 2.75) is 70.9 Å². The molecule has 0 aromatic heterocycles. The van der Waals surface area contributed by atoms with Crippen molar-refractivity contribution in [2.24, 2.45) is 17.6 Å². The van der Waals surface area contributed by atoms with E-state index in [0.717, 1.165) is 6.42 Å². The molecule has 0 aromatic rings. The molecule has 0 saturated heterocycles. The van der Waals surface area contributed by atoms with E-state index in [-0.39, 0.29) is 11.8 Å². The van der Waals surface area contributed by atoms with Crippen molar-refractivity contribution in [1.29, 1.82) is 0 Å². The van der Waals surface area contributed by atoms with Gasteiger partial charge in [0.25, 0.3) is 0 Å². The average Bonchev–Trinajstić information content (AvgIpc) is 2.28. The number of carbonyl (C=O) groups is 1. The first-order chi connectivity index (χ1) is 8.00. The Labute approximate surface area is 105 Å². The van der Waals surface area contributed by atoms with Crippen LogP contribution in [0.5, 0.6) is 0 Å². The summed E-state index contributed by atoms with van der Waals surface area (Å²) in [5, 5.41) is 9.89. The molecule has 3 nitrogen and oxygen atoms in total. The van der Waals surface area contributed by atoms with Crippen molar-refractivity contribution in [3.05, 3.63) is 0 Å². The van der Waals surface area contributed by atoms with Crippen LogP contribution in [0.15, 0.2) is 0 Å². The second-order valence-corrected chi connectivity index (χ2v) is 5.91. The van der Waals surface area contributed by atoms with Crippen LogP contribution in [0, 0.1) is 11.8 Å². The van der Waals surface area contributed by atoms with E-state index in [1.807, 2.05) is 13.8 Å². The van der Waals surface area contributed by atoms with Crippen molar-refractivity contribution in [2.75, 3.05) is 0 Å². The van der Waals surface area contributed by atoms with E-state index in [1.54, 1.807) is 0 Å². The zero-order valence-corrected chi connectivity index (χ0v) is 11.2. The molecule has 0 spiro atoms. The molecule has 0 aliphatic heterocycles. The van der Waals surface area contributed by atoms with E-state index in [9.17, 15) is 9.90 Å². The summed E-state index contributed by atoms with van der Waals surface area (Å²) in [7, 11) is 0. The highest BCUT2D eigenvalue weighted by Gasteiger charge is 2.26. The van der Waals surface area contributed by atoms with Crippen LogP contribution in [0.3, 0.4) is 0 Å². The fourth-order valence-electron chi connectivity index (χ4n) is 2.70. The molecule has 1 aliphatic carbocycles. The van der Waals surface area contributed by atoms with Gasteiger partial charge in [0.1, 0.15) is 6.10 Å². The molecule has 0 radical (unpaired) electrons. The number of aliphatic hydroxyl groups is 1. The number of Topliss-reactive ketones (excluding diaryl/α,β-unsaturated/α-hetero) is 1. The van der Waals surface area contributed by atoms with E-state index >= 15 is 0 Å². The van der Waals surface area contributed by atoms with Gasteiger partial charge in [0.05, 0.1) is 0 Å². The highest BCUT2D eigenvalue weighted by atomic mass is 16.3. The van der Waals surface area contributed by atoms with Crippen LogP contribution in [0.4, 0.5) is 0 Å². The molecule has 3 N–H and O–H groups in total. The standard InChI is InChI=1S/C14H27NO2/c1-10(2)8-13(16)14(17)12(15)9-11-6-4-3-5-7-11/h10-12,14,17H,3-9,15H2,1-2H3/t12-,14?/m0/s1. The number of hydrogen-bond donors (Lipinski definition) is 2. The fourth-order valence-corrected chi connectivity index (χ4v) is 2.70. The first-order valence-corrected chi connectivity index (χ1v) is 6.97. The number of hydrogen-bond acceptors (Lipinski definition) is 3. The van der Waals surface area contributed by atoms with Gasteiger partial charge in [0.2, 0.25) is 0 Å². The Kier molecular flexibility index (Phi) is 6.14. The van der Waals surface area contributed by atoms with Gasteiger partial charge in [-0.2, -0.15) is 0 Å². The Hall–Kier alpha value is -0.410. The molecule has 1 aliphatic rings. The van der Waals surface area contributed by atoms with Gasteiger partial charge >= 0.3 is 0 Å². The third-order valence-electron chi connectivity index (χ3n) is 3.68. The van der Waals surface area contributed by atoms with Crippen LogP contribution < -0.4 is 5.73 Å². The van der Waals surface area contributed by atoms with Crippen molar-refractivity contribution >= 4 is 5.78 Å². The Morgan fingerprint density at radius 1 is 1.29 bits per heavy atom. The third-order valence-corrected chi connectivity index (χ3v) is 3.68. The smallest absolute Gasteiger partial charge is 0.163 e. The molecule has 0 heterocycles. The summed E-state index contributed by atoms with van der Waals surface area (Å²) in [4.78, 5) is 11.7. The molecular weight excluding hydrogens is 214 g/mol. The molecule has 0 aromatic carbocycles. The lowest BCUT2D eigenvalue weighted by molar-refractivity contribution is -0.129. The van der Waals surface area contributed by atoms with Gasteiger partial charge < -0.3 is 10.8 Å². The first-order valence-electron chi connectivity index (χ1n) is 6.97. The topological polar surface area (TPSA) is 63.3 Å². The normalized spacial score (nSPS) is 21.5. The second-order valence-electron chi connectivity index (χ2n) is 5.91. The molecule has 2 atom stereocenters. The van der Waals surface area contributed by atoms with E-state index < -0.39 is 6.10 Å². The van der Waals surface area contributed by atoms with Gasteiger partial charge in [-0.25, -0.2) is 0 Å². The minimum absolute atomic E-state index is 0.0942. The molecule has 0 bridgehead atoms. The fraction of sp³-hybridized carbons (Fsp3) is 0.929. The Bertz CT molecular complexity index is 234. The number of carbonyl (C=O) groups excluding carboxylic acids is 1. The molecule has 1 rings (SSSR count). The summed E-state index contributed by atoms with van der Waals surface area (Å²) >= 11 is 0. The number of aliphatic hydroxyl groups excluding tert-OH is 1. The monoisotopic (exact) mass is 241 g/mol. The largest absolute Gasteiger partial charge is 0.384 e. The van der Waals surface area contributed by atoms with Crippen molar-refractivity contribution < 1.29 is 9.90 Å². The molecule has 1 unspecified atom stereocenters. The summed E-state index contributed by atoms with van der Waals surface area (Å²) in [6, 6.07) is -0.371. The molecule has 1 fully saturated rings. The van der Waals surface area contributed by atoms with Crippen LogP contribution in [-0.4, -0.2) is 23.0 Å². The first kappa shape index (κ1) is 14.7. The quantitative estimate of drug-likeness (QED) is 0.749. The molecule has 17 heavy (non-hydrogen) atoms. The third kappa shape index (κ3) is 5.17. The summed E-state index contributed by atoms with van der Waals surface area (Å²) in [5.41, 5.74) is 5.95. The van der Waals surface area contributed by atoms with Gasteiger partial charge in [-0.1, -0.05) is 46.0 Å². The summed E-state index contributed by atoms with van der Waals surface area (Å²) in [6.07, 6.45) is 6.54. The van der Waals surface area contributed by atoms with Crippen LogP contribution in [0.1, 0.15) is 58.8 Å². The number of nitrogens with two attached hydrogens (primary N) is 1. The molecule has 0 amide bonds. The summed E-state index contributed by atoms with van der Waals surface area (Å²) in [5.74, 6) is 0.808. The van der Waals surface area contributed by atoms with Gasteiger partial charge in [0, 0.05) is 12.5 Å². The molecule has 1 saturated carbocycles. The van der Waals surface area contributed by atoms with E-state index in [0.29, 0.717) is 18.3 Å². The van der Waals surface area contributed by atoms with E-state index in [4.69, 9.17) is 5.73 Å². The highest BCUT2D eigenvalue weighted by molar-refractivity contribution is 5.83. The lowest BCUT2D eigenvalue weighted by Gasteiger charge is -2.26. The minimum Gasteiger partial charge on any atom is -0.384 e. The molecule has 100 valence electrons. The maximum absolute atomic E-state index is 11.7. The predicted octanol–water partition coefficient (Wildman–Crippen LogP) is 2.26. The lowest BCUT2D eigenvalue weighted by atomic mass is 9.83. The number of ketones is 1. The predicted molar refractivity (Wildman–Crippen MR) is 69.6 cm³/mol. The maximum atomic E-state index is 11.7. The lowest BCUT2D eigenvalue weighted by Crippen LogP contribution is -2.42. The van der Waals surface area contributed by atoms with Gasteiger partial charge in [0.15, 0.2) is 5.78 Å². The van der Waals surface area contributed by atoms with Crippen LogP contribution in [0.2, 0.25) is 0 Å². The molecule has 3 heteroatoms. The minimum atomic E-state index is -0.959. The summed E-state index contributed by atoms with van der Waals surface area (Å²) in [6.45, 7) is 3.97. The highest BCUT2D eigenvalue weighted by Crippen LogP contribution is 2.27. The van der Waals surface area contributed by atoms with E-state index in [2.05, 4.69) is 0 Å². The van der Waals surface area contributed by atoms with Crippen molar-refractivity contribution in [3.8, 4) is 0 Å². The second kappa shape index (κ2) is 7.12. The van der Waals surface area contributed by atoms with Crippen LogP contribution in [-0.2, 0) is 4.79 Å². The Balaban J connectivity index is 2.34.